The second kappa shape index (κ2) is 7.75. The first-order valence-corrected chi connectivity index (χ1v) is 10.8. The van der Waals surface area contributed by atoms with Crippen LogP contribution in [0.1, 0.15) is 25.8 Å². The van der Waals surface area contributed by atoms with Gasteiger partial charge in [-0.05, 0) is 37.1 Å². The summed E-state index contributed by atoms with van der Waals surface area (Å²) < 4.78 is 18.8. The zero-order valence-electron chi connectivity index (χ0n) is 17.6. The fourth-order valence-corrected chi connectivity index (χ4v) is 4.85. The van der Waals surface area contributed by atoms with Crippen LogP contribution in [-0.2, 0) is 6.54 Å². The van der Waals surface area contributed by atoms with E-state index in [0.29, 0.717) is 23.4 Å². The number of fused-ring (bicyclic) bond motifs is 1. The van der Waals surface area contributed by atoms with Crippen LogP contribution in [0.15, 0.2) is 42.5 Å². The highest BCUT2D eigenvalue weighted by atomic mass is 19.1. The maximum atomic E-state index is 14.5. The number of terminal acetylenes is 1. The van der Waals surface area contributed by atoms with Crippen molar-refractivity contribution in [3.8, 4) is 23.9 Å². The minimum absolute atomic E-state index is 0.178. The lowest BCUT2D eigenvalue weighted by atomic mass is 10.1. The van der Waals surface area contributed by atoms with Crippen molar-refractivity contribution in [1.29, 1.82) is 0 Å². The summed E-state index contributed by atoms with van der Waals surface area (Å²) in [4.78, 5) is 7.08. The van der Waals surface area contributed by atoms with E-state index in [1.165, 1.54) is 6.07 Å². The van der Waals surface area contributed by atoms with E-state index in [-0.39, 0.29) is 18.5 Å². The summed E-state index contributed by atoms with van der Waals surface area (Å²) in [6, 6.07) is 13.7. The predicted octanol–water partition coefficient (Wildman–Crippen LogP) is 4.58. The Bertz CT molecular complexity index is 1310. The summed E-state index contributed by atoms with van der Waals surface area (Å²) in [5, 5.41) is 10.5. The Morgan fingerprint density at radius 1 is 1.26 bits per heavy atom. The molecule has 0 spiro atoms. The Morgan fingerprint density at radius 2 is 2.10 bits per heavy atom. The van der Waals surface area contributed by atoms with Crippen LogP contribution in [0.5, 0.6) is 0 Å². The van der Waals surface area contributed by atoms with Crippen LogP contribution >= 0.6 is 0 Å². The molecule has 0 saturated heterocycles. The number of aliphatic hydroxyl groups excluding tert-OH is 1. The third-order valence-corrected chi connectivity index (χ3v) is 6.24. The highest BCUT2D eigenvalue weighted by Gasteiger charge is 2.30. The zero-order chi connectivity index (χ0) is 21.5. The van der Waals surface area contributed by atoms with Crippen molar-refractivity contribution in [3.05, 3.63) is 48.3 Å². The van der Waals surface area contributed by atoms with Gasteiger partial charge in [0.2, 0.25) is 0 Å². The number of hydrogen-bond acceptors (Lipinski definition) is 3. The molecule has 2 aromatic carbocycles. The van der Waals surface area contributed by atoms with Gasteiger partial charge in [0.05, 0.1) is 35.0 Å². The number of aliphatic hydroxyl groups is 1. The van der Waals surface area contributed by atoms with Crippen LogP contribution in [0, 0.1) is 18.2 Å². The molecule has 0 aliphatic carbocycles. The monoisotopic (exact) mass is 416 g/mol. The highest BCUT2D eigenvalue weighted by Crippen LogP contribution is 2.42. The summed E-state index contributed by atoms with van der Waals surface area (Å²) in [5.74, 6) is 3.06. The molecule has 31 heavy (non-hydrogen) atoms. The Morgan fingerprint density at radius 3 is 2.87 bits per heavy atom. The fraction of sp³-hybridized carbons (Fsp3) is 0.320. The smallest absolute Gasteiger partial charge is 0.158 e. The molecule has 2 aromatic heterocycles. The minimum Gasteiger partial charge on any atom is -0.396 e. The number of benzene rings is 2. The number of nitrogens with zero attached hydrogens (tertiary/aromatic N) is 4. The SMILES string of the molecule is C#CCn1c(-c2cc3cccc4c3n2C(CC)CN4CCCO)nc2c(F)cccc21. The van der Waals surface area contributed by atoms with E-state index >= 15 is 0 Å². The van der Waals surface area contributed by atoms with Gasteiger partial charge in [-0.15, -0.1) is 6.42 Å². The average molecular weight is 417 g/mol. The van der Waals surface area contributed by atoms with Crippen LogP contribution in [0.4, 0.5) is 10.1 Å². The summed E-state index contributed by atoms with van der Waals surface area (Å²) in [5.41, 5.74) is 4.34. The van der Waals surface area contributed by atoms with E-state index in [4.69, 9.17) is 11.4 Å². The molecule has 0 amide bonds. The summed E-state index contributed by atoms with van der Waals surface area (Å²) in [6.07, 6.45) is 7.35. The van der Waals surface area contributed by atoms with Gasteiger partial charge in [0.1, 0.15) is 5.52 Å². The molecule has 5 rings (SSSR count). The van der Waals surface area contributed by atoms with Crippen LogP contribution in [0.3, 0.4) is 0 Å². The molecule has 1 atom stereocenters. The molecular weight excluding hydrogens is 391 g/mol. The third kappa shape index (κ3) is 3.00. The lowest BCUT2D eigenvalue weighted by Gasteiger charge is -2.36. The molecule has 3 heterocycles. The number of anilines is 1. The minimum atomic E-state index is -0.341. The van der Waals surface area contributed by atoms with Crippen molar-refractivity contribution < 1.29 is 9.50 Å². The second-order valence-electron chi connectivity index (χ2n) is 8.03. The number of rotatable bonds is 6. The van der Waals surface area contributed by atoms with Gasteiger partial charge < -0.3 is 19.1 Å². The molecule has 1 aliphatic rings. The Kier molecular flexibility index (Phi) is 4.91. The summed E-state index contributed by atoms with van der Waals surface area (Å²) in [7, 11) is 0. The largest absolute Gasteiger partial charge is 0.396 e. The topological polar surface area (TPSA) is 46.2 Å². The van der Waals surface area contributed by atoms with Gasteiger partial charge in [0.15, 0.2) is 11.6 Å². The van der Waals surface area contributed by atoms with Crippen molar-refractivity contribution in [2.45, 2.75) is 32.4 Å². The van der Waals surface area contributed by atoms with Crippen LogP contribution < -0.4 is 4.90 Å². The maximum Gasteiger partial charge on any atom is 0.158 e. The van der Waals surface area contributed by atoms with Gasteiger partial charge >= 0.3 is 0 Å². The van der Waals surface area contributed by atoms with E-state index < -0.39 is 0 Å². The predicted molar refractivity (Wildman–Crippen MR) is 123 cm³/mol. The third-order valence-electron chi connectivity index (χ3n) is 6.24. The second-order valence-corrected chi connectivity index (χ2v) is 8.03. The molecular formula is C25H25FN4O. The Labute approximate surface area is 180 Å². The molecule has 1 unspecified atom stereocenters. The summed E-state index contributed by atoms with van der Waals surface area (Å²) in [6.45, 7) is 4.35. The number of halogens is 1. The van der Waals surface area contributed by atoms with Gasteiger partial charge in [0, 0.05) is 25.1 Å². The number of aromatic nitrogens is 3. The van der Waals surface area contributed by atoms with Gasteiger partial charge in [-0.1, -0.05) is 31.0 Å². The molecule has 0 bridgehead atoms. The number of para-hydroxylation sites is 2. The van der Waals surface area contributed by atoms with Crippen molar-refractivity contribution in [1.82, 2.24) is 14.1 Å². The van der Waals surface area contributed by atoms with Gasteiger partial charge in [-0.25, -0.2) is 9.37 Å². The molecule has 1 aliphatic heterocycles. The van der Waals surface area contributed by atoms with Crippen molar-refractivity contribution >= 4 is 27.6 Å². The van der Waals surface area contributed by atoms with E-state index in [2.05, 4.69) is 46.6 Å². The first kappa shape index (κ1) is 19.7. The number of imidazole rings is 1. The van der Waals surface area contributed by atoms with E-state index in [1.54, 1.807) is 6.07 Å². The maximum absolute atomic E-state index is 14.5. The van der Waals surface area contributed by atoms with Crippen LogP contribution in [-0.4, -0.2) is 38.9 Å². The van der Waals surface area contributed by atoms with Crippen LogP contribution in [0.2, 0.25) is 0 Å². The zero-order valence-corrected chi connectivity index (χ0v) is 17.6. The van der Waals surface area contributed by atoms with Crippen molar-refractivity contribution in [3.63, 3.8) is 0 Å². The summed E-state index contributed by atoms with van der Waals surface area (Å²) >= 11 is 0. The van der Waals surface area contributed by atoms with Gasteiger partial charge in [-0.2, -0.15) is 0 Å². The normalized spacial score (nSPS) is 15.7. The molecule has 0 radical (unpaired) electrons. The first-order valence-electron chi connectivity index (χ1n) is 10.8. The quantitative estimate of drug-likeness (QED) is 0.468. The molecule has 0 saturated carbocycles. The van der Waals surface area contributed by atoms with Crippen molar-refractivity contribution in [2.24, 2.45) is 0 Å². The molecule has 5 nitrogen and oxygen atoms in total. The van der Waals surface area contributed by atoms with Crippen molar-refractivity contribution in [2.75, 3.05) is 24.6 Å². The van der Waals surface area contributed by atoms with E-state index in [1.807, 2.05) is 10.6 Å². The van der Waals surface area contributed by atoms with E-state index in [9.17, 15) is 9.50 Å². The van der Waals surface area contributed by atoms with Crippen LogP contribution in [0.25, 0.3) is 33.5 Å². The average Bonchev–Trinajstić information content (AvgIpc) is 3.34. The Balaban J connectivity index is 1.79. The number of hydrogen-bond donors (Lipinski definition) is 1. The fourth-order valence-electron chi connectivity index (χ4n) is 4.85. The molecule has 158 valence electrons. The van der Waals surface area contributed by atoms with Gasteiger partial charge in [-0.3, -0.25) is 0 Å². The molecule has 4 aromatic rings. The van der Waals surface area contributed by atoms with E-state index in [0.717, 1.165) is 48.2 Å². The standard InChI is InChI=1S/C25H25FN4O/c1-3-12-29-20-10-6-9-19(26)23(20)27-25(29)22-15-17-8-5-11-21-24(17)30(22)18(4-2)16-28(21)13-7-14-31/h1,5-6,8-11,15,18,31H,4,7,12-14,16H2,2H3. The lowest BCUT2D eigenvalue weighted by molar-refractivity contribution is 0.288. The lowest BCUT2D eigenvalue weighted by Crippen LogP contribution is -2.36. The first-order chi connectivity index (χ1) is 15.2. The Hall–Kier alpha value is -3.30. The highest BCUT2D eigenvalue weighted by molar-refractivity contribution is 5.97. The van der Waals surface area contributed by atoms with Gasteiger partial charge in [0.25, 0.3) is 0 Å². The molecule has 0 fully saturated rings. The molecule has 1 N–H and O–H groups in total. The molecule has 6 heteroatoms.